The predicted octanol–water partition coefficient (Wildman–Crippen LogP) is 0.565. The van der Waals surface area contributed by atoms with Gasteiger partial charge in [0.2, 0.25) is 5.91 Å². The van der Waals surface area contributed by atoms with Gasteiger partial charge in [0.1, 0.15) is 12.7 Å². The number of hydrogen-bond acceptors (Lipinski definition) is 4. The average Bonchev–Trinajstić information content (AvgIpc) is 2.37. The summed E-state index contributed by atoms with van der Waals surface area (Å²) in [7, 11) is 0. The summed E-state index contributed by atoms with van der Waals surface area (Å²) in [6.45, 7) is 4.02. The van der Waals surface area contributed by atoms with Crippen molar-refractivity contribution in [3.05, 3.63) is 23.8 Å². The molecule has 5 heteroatoms. The summed E-state index contributed by atoms with van der Waals surface area (Å²) in [6.07, 6.45) is 5.38. The van der Waals surface area contributed by atoms with Gasteiger partial charge in [-0.25, -0.2) is 0 Å². The molecule has 0 bridgehead atoms. The van der Waals surface area contributed by atoms with Gasteiger partial charge in [-0.15, -0.1) is 0 Å². The van der Waals surface area contributed by atoms with Crippen LogP contribution in [0.3, 0.4) is 0 Å². The summed E-state index contributed by atoms with van der Waals surface area (Å²) >= 11 is 0. The summed E-state index contributed by atoms with van der Waals surface area (Å²) in [5, 5.41) is 2.82. The molecule has 0 spiro atoms. The van der Waals surface area contributed by atoms with Gasteiger partial charge in [0, 0.05) is 0 Å². The van der Waals surface area contributed by atoms with Crippen LogP contribution in [0, 0.1) is 5.92 Å². The third kappa shape index (κ3) is 2.61. The fourth-order valence-electron chi connectivity index (χ4n) is 2.05. The molecule has 0 aromatic carbocycles. The van der Waals surface area contributed by atoms with Crippen LogP contribution in [0.4, 0.5) is 0 Å². The van der Waals surface area contributed by atoms with Gasteiger partial charge in [-0.05, 0) is 25.5 Å². The molecule has 2 rings (SSSR count). The van der Waals surface area contributed by atoms with Crippen LogP contribution in [0.1, 0.15) is 13.8 Å². The Bertz CT molecular complexity index is 413. The van der Waals surface area contributed by atoms with E-state index in [9.17, 15) is 9.59 Å². The largest absolute Gasteiger partial charge is 0.466 e. The van der Waals surface area contributed by atoms with Crippen LogP contribution in [0.5, 0.6) is 0 Å². The smallest absolute Gasteiger partial charge is 0.313 e. The molecule has 1 saturated heterocycles. The number of allylic oxidation sites excluding steroid dienone is 1. The summed E-state index contributed by atoms with van der Waals surface area (Å²) in [5.74, 6) is -0.675. The molecule has 18 heavy (non-hydrogen) atoms. The quantitative estimate of drug-likeness (QED) is 0.745. The van der Waals surface area contributed by atoms with E-state index in [2.05, 4.69) is 5.32 Å². The highest BCUT2D eigenvalue weighted by Crippen LogP contribution is 2.23. The highest BCUT2D eigenvalue weighted by atomic mass is 16.5. The lowest BCUT2D eigenvalue weighted by molar-refractivity contribution is -0.146. The Morgan fingerprint density at radius 1 is 1.67 bits per heavy atom. The summed E-state index contributed by atoms with van der Waals surface area (Å²) < 4.78 is 10.4. The van der Waals surface area contributed by atoms with Gasteiger partial charge in [-0.3, -0.25) is 9.59 Å². The van der Waals surface area contributed by atoms with Gasteiger partial charge < -0.3 is 14.8 Å². The number of esters is 1. The van der Waals surface area contributed by atoms with Crippen molar-refractivity contribution in [1.29, 1.82) is 0 Å². The van der Waals surface area contributed by atoms with E-state index < -0.39 is 0 Å². The maximum Gasteiger partial charge on any atom is 0.313 e. The first kappa shape index (κ1) is 12.8. The number of fused-ring (bicyclic) bond motifs is 1. The first-order valence-electron chi connectivity index (χ1n) is 6.09. The molecule has 3 atom stereocenters. The SMILES string of the molecule is CCOC(=O)C(C)C1=CC2OCC(=O)NC2C=C1. The Kier molecular flexibility index (Phi) is 3.81. The second kappa shape index (κ2) is 5.35. The Hall–Kier alpha value is -1.62. The molecule has 0 saturated carbocycles. The highest BCUT2D eigenvalue weighted by molar-refractivity contribution is 5.79. The minimum Gasteiger partial charge on any atom is -0.466 e. The lowest BCUT2D eigenvalue weighted by Gasteiger charge is -2.32. The number of morpholine rings is 1. The van der Waals surface area contributed by atoms with E-state index in [0.717, 1.165) is 5.57 Å². The molecule has 1 N–H and O–H groups in total. The number of rotatable bonds is 3. The van der Waals surface area contributed by atoms with Crippen LogP contribution in [0.25, 0.3) is 0 Å². The summed E-state index contributed by atoms with van der Waals surface area (Å²) in [5.41, 5.74) is 0.867. The third-order valence-electron chi connectivity index (χ3n) is 3.08. The molecule has 98 valence electrons. The van der Waals surface area contributed by atoms with Gasteiger partial charge >= 0.3 is 5.97 Å². The van der Waals surface area contributed by atoms with E-state index in [1.165, 1.54) is 0 Å². The molecule has 3 unspecified atom stereocenters. The normalized spacial score (nSPS) is 27.9. The van der Waals surface area contributed by atoms with Crippen LogP contribution in [-0.2, 0) is 19.1 Å². The molecule has 2 aliphatic rings. The molecule has 1 aliphatic carbocycles. The molecule has 1 fully saturated rings. The standard InChI is InChI=1S/C13H17NO4/c1-3-17-13(16)8(2)9-4-5-10-11(6-9)18-7-12(15)14-10/h4-6,8,10-11H,3,7H2,1-2H3,(H,14,15). The molecule has 1 heterocycles. The first-order valence-corrected chi connectivity index (χ1v) is 6.09. The predicted molar refractivity (Wildman–Crippen MR) is 64.7 cm³/mol. The van der Waals surface area contributed by atoms with Gasteiger partial charge in [0.05, 0.1) is 18.6 Å². The Morgan fingerprint density at radius 3 is 3.17 bits per heavy atom. The van der Waals surface area contributed by atoms with Crippen molar-refractivity contribution >= 4 is 11.9 Å². The van der Waals surface area contributed by atoms with E-state index in [-0.39, 0.29) is 36.5 Å². The molecule has 5 nitrogen and oxygen atoms in total. The number of hydrogen-bond donors (Lipinski definition) is 1. The van der Waals surface area contributed by atoms with E-state index in [1.54, 1.807) is 13.8 Å². The second-order valence-electron chi connectivity index (χ2n) is 4.37. The van der Waals surface area contributed by atoms with Crippen LogP contribution < -0.4 is 5.32 Å². The number of carbonyl (C=O) groups is 2. The topological polar surface area (TPSA) is 64.6 Å². The lowest BCUT2D eigenvalue weighted by Crippen LogP contribution is -2.50. The zero-order valence-electron chi connectivity index (χ0n) is 10.5. The fraction of sp³-hybridized carbons (Fsp3) is 0.538. The summed E-state index contributed by atoms with van der Waals surface area (Å²) in [4.78, 5) is 22.8. The van der Waals surface area contributed by atoms with Gasteiger partial charge in [-0.2, -0.15) is 0 Å². The van der Waals surface area contributed by atoms with Crippen molar-refractivity contribution in [1.82, 2.24) is 5.32 Å². The van der Waals surface area contributed by atoms with E-state index in [4.69, 9.17) is 9.47 Å². The van der Waals surface area contributed by atoms with Crippen molar-refractivity contribution in [2.45, 2.75) is 26.0 Å². The van der Waals surface area contributed by atoms with Crippen LogP contribution >= 0.6 is 0 Å². The van der Waals surface area contributed by atoms with E-state index >= 15 is 0 Å². The van der Waals surface area contributed by atoms with Crippen molar-refractivity contribution in [2.24, 2.45) is 5.92 Å². The first-order chi connectivity index (χ1) is 8.61. The molecule has 1 aliphatic heterocycles. The number of nitrogens with one attached hydrogen (secondary N) is 1. The Morgan fingerprint density at radius 2 is 2.44 bits per heavy atom. The zero-order valence-corrected chi connectivity index (χ0v) is 10.5. The molecular formula is C13H17NO4. The highest BCUT2D eigenvalue weighted by Gasteiger charge is 2.30. The minimum absolute atomic E-state index is 0.0621. The van der Waals surface area contributed by atoms with Gasteiger partial charge in [0.15, 0.2) is 0 Å². The zero-order chi connectivity index (χ0) is 13.1. The Labute approximate surface area is 106 Å². The van der Waals surface area contributed by atoms with Crippen molar-refractivity contribution in [3.8, 4) is 0 Å². The molecule has 0 radical (unpaired) electrons. The van der Waals surface area contributed by atoms with Crippen molar-refractivity contribution < 1.29 is 19.1 Å². The maximum absolute atomic E-state index is 11.6. The number of amides is 1. The molecule has 0 aromatic rings. The van der Waals surface area contributed by atoms with Crippen molar-refractivity contribution in [3.63, 3.8) is 0 Å². The maximum atomic E-state index is 11.6. The van der Waals surface area contributed by atoms with Gasteiger partial charge in [-0.1, -0.05) is 12.2 Å². The number of carbonyl (C=O) groups excluding carboxylic acids is 2. The Balaban J connectivity index is 2.06. The number of ether oxygens (including phenoxy) is 2. The average molecular weight is 251 g/mol. The van der Waals surface area contributed by atoms with Crippen LogP contribution in [0.15, 0.2) is 23.8 Å². The van der Waals surface area contributed by atoms with E-state index in [0.29, 0.717) is 6.61 Å². The van der Waals surface area contributed by atoms with Crippen LogP contribution in [-0.4, -0.2) is 37.2 Å². The van der Waals surface area contributed by atoms with Crippen molar-refractivity contribution in [2.75, 3.05) is 13.2 Å². The monoisotopic (exact) mass is 251 g/mol. The molecule has 0 aromatic heterocycles. The molecule has 1 amide bonds. The minimum atomic E-state index is -0.316. The fourth-order valence-corrected chi connectivity index (χ4v) is 2.05. The second-order valence-corrected chi connectivity index (χ2v) is 4.37. The van der Waals surface area contributed by atoms with Crippen LogP contribution in [0.2, 0.25) is 0 Å². The molecular weight excluding hydrogens is 234 g/mol. The summed E-state index contributed by atoms with van der Waals surface area (Å²) in [6, 6.07) is -0.135. The third-order valence-corrected chi connectivity index (χ3v) is 3.08. The van der Waals surface area contributed by atoms with Gasteiger partial charge in [0.25, 0.3) is 0 Å². The lowest BCUT2D eigenvalue weighted by atomic mass is 9.91. The van der Waals surface area contributed by atoms with E-state index in [1.807, 2.05) is 18.2 Å².